The van der Waals surface area contributed by atoms with Crippen LogP contribution in [0.15, 0.2) is 54.6 Å². The highest BCUT2D eigenvalue weighted by Gasteiger charge is 2.44. The van der Waals surface area contributed by atoms with E-state index >= 15 is 0 Å². The van der Waals surface area contributed by atoms with Crippen LogP contribution in [0, 0.1) is 0 Å². The molecule has 0 aliphatic carbocycles. The molecule has 4 rings (SSSR count). The number of hydrogen-bond acceptors (Lipinski definition) is 8. The molecule has 0 radical (unpaired) electrons. The molecule has 2 aromatic carbocycles. The molecule has 9 N–H and O–H groups in total. The summed E-state index contributed by atoms with van der Waals surface area (Å²) in [5.41, 5.74) is 13.0. The Morgan fingerprint density at radius 2 is 1.62 bits per heavy atom. The van der Waals surface area contributed by atoms with Crippen molar-refractivity contribution in [1.82, 2.24) is 20.9 Å². The van der Waals surface area contributed by atoms with E-state index in [1.165, 1.54) is 29.2 Å². The quantitative estimate of drug-likeness (QED) is 0.136. The molecule has 16 heteroatoms. The third-order valence-electron chi connectivity index (χ3n) is 8.52. The zero-order valence-corrected chi connectivity index (χ0v) is 27.3. The third-order valence-corrected chi connectivity index (χ3v) is 8.97. The molecule has 2 aliphatic rings. The third kappa shape index (κ3) is 10.6. The van der Waals surface area contributed by atoms with Crippen molar-refractivity contribution in [3.63, 3.8) is 0 Å². The first-order valence-electron chi connectivity index (χ1n) is 15.9. The summed E-state index contributed by atoms with van der Waals surface area (Å²) in [6.07, 6.45) is 3.42. The Hall–Kier alpha value is -4.30. The lowest BCUT2D eigenvalue weighted by Gasteiger charge is -2.36. The zero-order chi connectivity index (χ0) is 34.8. The molecule has 260 valence electrons. The van der Waals surface area contributed by atoms with Gasteiger partial charge in [-0.3, -0.25) is 33.8 Å². The lowest BCUT2D eigenvalue weighted by Crippen LogP contribution is -2.59. The summed E-state index contributed by atoms with van der Waals surface area (Å²) in [6.45, 7) is 0.221. The van der Waals surface area contributed by atoms with Crippen LogP contribution in [-0.4, -0.2) is 74.4 Å². The summed E-state index contributed by atoms with van der Waals surface area (Å²) >= 11 is 0. The van der Waals surface area contributed by atoms with Gasteiger partial charge < -0.3 is 36.8 Å². The van der Waals surface area contributed by atoms with Crippen LogP contribution in [0.3, 0.4) is 0 Å². The summed E-state index contributed by atoms with van der Waals surface area (Å²) in [4.78, 5) is 84.8. The van der Waals surface area contributed by atoms with Gasteiger partial charge in [0.05, 0.1) is 6.04 Å². The maximum absolute atomic E-state index is 13.9. The molecule has 2 fully saturated rings. The second-order valence-electron chi connectivity index (χ2n) is 12.1. The minimum atomic E-state index is -4.71. The predicted octanol–water partition coefficient (Wildman–Crippen LogP) is 0.513. The van der Waals surface area contributed by atoms with E-state index in [2.05, 4.69) is 20.5 Å². The number of carbonyl (C=O) groups excluding carboxylic acids is 5. The molecule has 2 aromatic rings. The standard InChI is InChI=1S/C32H43N6O9P/c33-24(18-20-10-13-23(14-11-20)47-48(44,45)46)29(40)37-26-9-5-4-8-22-12-16-27(38(22)32(26)43)31(42)36-25(15-17-28(34)39)30(41)35-19-21-6-2-1-3-7-21/h1-3,6-7,10-11,13-14,22,24-27H,4-5,8-9,12,15-19,33H2,(H2,34,39)(H,35,41)(H,36,42)(H,37,40)(H2,44,45,46)/t22-,24-,25-,26?,27?/m0/s1. The average molecular weight is 687 g/mol. The molecule has 0 bridgehead atoms. The molecule has 0 spiro atoms. The first-order valence-corrected chi connectivity index (χ1v) is 17.5. The van der Waals surface area contributed by atoms with Gasteiger partial charge in [-0.05, 0) is 61.8 Å². The molecule has 0 saturated carbocycles. The lowest BCUT2D eigenvalue weighted by atomic mass is 9.98. The zero-order valence-electron chi connectivity index (χ0n) is 26.5. The highest BCUT2D eigenvalue weighted by molar-refractivity contribution is 7.46. The van der Waals surface area contributed by atoms with Crippen molar-refractivity contribution in [2.45, 2.75) is 94.5 Å². The molecule has 2 heterocycles. The fourth-order valence-electron chi connectivity index (χ4n) is 6.10. The smallest absolute Gasteiger partial charge is 0.404 e. The molecule has 15 nitrogen and oxygen atoms in total. The highest BCUT2D eigenvalue weighted by atomic mass is 31.2. The van der Waals surface area contributed by atoms with Gasteiger partial charge in [-0.1, -0.05) is 55.3 Å². The van der Waals surface area contributed by atoms with Crippen LogP contribution in [0.1, 0.15) is 62.5 Å². The molecule has 48 heavy (non-hydrogen) atoms. The molecule has 5 amide bonds. The number of nitrogens with zero attached hydrogens (tertiary/aromatic N) is 1. The number of benzene rings is 2. The minimum absolute atomic E-state index is 0.0121. The molecular weight excluding hydrogens is 643 g/mol. The van der Waals surface area contributed by atoms with E-state index in [1.54, 1.807) is 0 Å². The number of fused-ring (bicyclic) bond motifs is 1. The van der Waals surface area contributed by atoms with Crippen LogP contribution in [0.5, 0.6) is 5.75 Å². The predicted molar refractivity (Wildman–Crippen MR) is 173 cm³/mol. The maximum Gasteiger partial charge on any atom is 0.524 e. The first kappa shape index (κ1) is 36.5. The number of hydrogen-bond donors (Lipinski definition) is 7. The molecular formula is C32H43N6O9P. The molecule has 2 aliphatic heterocycles. The lowest BCUT2D eigenvalue weighted by molar-refractivity contribution is -0.145. The number of carbonyl (C=O) groups is 5. The van der Waals surface area contributed by atoms with Crippen molar-refractivity contribution < 1.29 is 42.8 Å². The summed E-state index contributed by atoms with van der Waals surface area (Å²) in [5.74, 6) is -2.64. The Morgan fingerprint density at radius 3 is 2.29 bits per heavy atom. The summed E-state index contributed by atoms with van der Waals surface area (Å²) in [6, 6.07) is 10.9. The van der Waals surface area contributed by atoms with E-state index in [4.69, 9.17) is 21.3 Å². The van der Waals surface area contributed by atoms with Gasteiger partial charge >= 0.3 is 7.82 Å². The number of primary amides is 1. The van der Waals surface area contributed by atoms with Crippen LogP contribution in [-0.2, 0) is 41.5 Å². The van der Waals surface area contributed by atoms with Crippen LogP contribution in [0.2, 0.25) is 0 Å². The minimum Gasteiger partial charge on any atom is -0.404 e. The first-order chi connectivity index (χ1) is 22.8. The van der Waals surface area contributed by atoms with E-state index in [0.717, 1.165) is 12.0 Å². The Balaban J connectivity index is 1.40. The number of phosphoric ester groups is 1. The number of amides is 5. The van der Waals surface area contributed by atoms with Gasteiger partial charge in [0.25, 0.3) is 0 Å². The van der Waals surface area contributed by atoms with Crippen molar-refractivity contribution >= 4 is 37.4 Å². The topological polar surface area (TPSA) is 243 Å². The van der Waals surface area contributed by atoms with Crippen LogP contribution in [0.25, 0.3) is 0 Å². The Morgan fingerprint density at radius 1 is 0.938 bits per heavy atom. The fourth-order valence-corrected chi connectivity index (χ4v) is 6.50. The van der Waals surface area contributed by atoms with Crippen LogP contribution < -0.4 is 31.9 Å². The number of rotatable bonds is 14. The van der Waals surface area contributed by atoms with Gasteiger partial charge in [0.1, 0.15) is 23.9 Å². The fraction of sp³-hybridized carbons (Fsp3) is 0.469. The van der Waals surface area contributed by atoms with E-state index in [0.29, 0.717) is 37.7 Å². The number of nitrogens with one attached hydrogen (secondary N) is 3. The number of nitrogens with two attached hydrogens (primary N) is 2. The van der Waals surface area contributed by atoms with Crippen LogP contribution >= 0.6 is 7.82 Å². The van der Waals surface area contributed by atoms with Crippen molar-refractivity contribution in [3.05, 3.63) is 65.7 Å². The van der Waals surface area contributed by atoms with Crippen molar-refractivity contribution in [2.24, 2.45) is 11.5 Å². The second-order valence-corrected chi connectivity index (χ2v) is 13.3. The largest absolute Gasteiger partial charge is 0.524 e. The van der Waals surface area contributed by atoms with Gasteiger partial charge in [0.15, 0.2) is 0 Å². The van der Waals surface area contributed by atoms with Crippen molar-refractivity contribution in [3.8, 4) is 5.75 Å². The molecule has 2 unspecified atom stereocenters. The molecule has 0 aromatic heterocycles. The normalized spacial score (nSPS) is 20.8. The van der Waals surface area contributed by atoms with Gasteiger partial charge in [-0.2, -0.15) is 0 Å². The van der Waals surface area contributed by atoms with Gasteiger partial charge in [0, 0.05) is 19.0 Å². The summed E-state index contributed by atoms with van der Waals surface area (Å²) in [7, 11) is -4.71. The summed E-state index contributed by atoms with van der Waals surface area (Å²) in [5, 5.41) is 8.30. The highest BCUT2D eigenvalue weighted by Crippen LogP contribution is 2.37. The van der Waals surface area contributed by atoms with E-state index < -0.39 is 61.5 Å². The average Bonchev–Trinajstić information content (AvgIpc) is 3.46. The van der Waals surface area contributed by atoms with Gasteiger partial charge in [-0.25, -0.2) is 4.57 Å². The van der Waals surface area contributed by atoms with Crippen molar-refractivity contribution in [1.29, 1.82) is 0 Å². The maximum atomic E-state index is 13.9. The van der Waals surface area contributed by atoms with Crippen LogP contribution in [0.4, 0.5) is 0 Å². The van der Waals surface area contributed by atoms with E-state index in [1.807, 2.05) is 30.3 Å². The van der Waals surface area contributed by atoms with E-state index in [-0.39, 0.29) is 37.6 Å². The molecule has 2 saturated heterocycles. The summed E-state index contributed by atoms with van der Waals surface area (Å²) < 4.78 is 15.6. The van der Waals surface area contributed by atoms with Crippen molar-refractivity contribution in [2.75, 3.05) is 0 Å². The number of phosphoric acid groups is 1. The SMILES string of the molecule is NC(=O)CC[C@H](NC(=O)C1CC[C@@H]2CCCCC(NC(=O)[C@@H](N)Cc3ccc(OP(=O)(O)O)cc3)C(=O)N12)C(=O)NCc1ccccc1. The second kappa shape index (κ2) is 16.7. The Labute approximate surface area is 278 Å². The van der Waals surface area contributed by atoms with Gasteiger partial charge in [-0.15, -0.1) is 0 Å². The monoisotopic (exact) mass is 686 g/mol. The Bertz CT molecular complexity index is 1500. The van der Waals surface area contributed by atoms with E-state index in [9.17, 15) is 28.5 Å². The molecule has 5 atom stereocenters. The Kier molecular flexibility index (Phi) is 12.7. The van der Waals surface area contributed by atoms with Gasteiger partial charge in [0.2, 0.25) is 29.5 Å².